The van der Waals surface area contributed by atoms with Crippen LogP contribution in [-0.2, 0) is 0 Å². The molecule has 0 spiro atoms. The fourth-order valence-electron chi connectivity index (χ4n) is 1.89. The Hall–Kier alpha value is -1.96. The molecule has 2 aromatic rings. The van der Waals surface area contributed by atoms with Crippen molar-refractivity contribution >= 4 is 0 Å². The minimum Gasteiger partial charge on any atom is -0.494 e. The first-order valence-corrected chi connectivity index (χ1v) is 7.26. The van der Waals surface area contributed by atoms with Crippen molar-refractivity contribution in [2.75, 3.05) is 6.61 Å². The Bertz CT molecular complexity index is 477. The van der Waals surface area contributed by atoms with Gasteiger partial charge in [0.05, 0.1) is 6.61 Å². The standard InChI is InChI=1S/C18H21O2/c1-2-3-4-8-15-19-16-11-13-18(14-12-16)20-17-9-6-5-7-10-17/h5-7,9,11-14H,2-4,8,15H2,1H3. The SMILES string of the molecule is CCCCCCOc1ccc(Oc2[c]cccc2)cc1. The number of rotatable bonds is 8. The summed E-state index contributed by atoms with van der Waals surface area (Å²) < 4.78 is 11.4. The maximum atomic E-state index is 5.69. The second kappa shape index (κ2) is 8.26. The summed E-state index contributed by atoms with van der Waals surface area (Å²) in [6.45, 7) is 3.00. The Kier molecular flexibility index (Phi) is 5.97. The number of unbranched alkanes of at least 4 members (excludes halogenated alkanes) is 3. The molecular formula is C18H21O2. The molecule has 0 aromatic heterocycles. The number of hydrogen-bond acceptors (Lipinski definition) is 2. The number of hydrogen-bond donors (Lipinski definition) is 0. The van der Waals surface area contributed by atoms with Gasteiger partial charge in [-0.3, -0.25) is 0 Å². The van der Waals surface area contributed by atoms with Gasteiger partial charge in [-0.15, -0.1) is 0 Å². The summed E-state index contributed by atoms with van der Waals surface area (Å²) in [6.07, 6.45) is 4.89. The highest BCUT2D eigenvalue weighted by molar-refractivity contribution is 5.34. The molecule has 0 heterocycles. The van der Waals surface area contributed by atoms with E-state index in [4.69, 9.17) is 9.47 Å². The maximum Gasteiger partial charge on any atom is 0.135 e. The molecule has 0 saturated heterocycles. The zero-order chi connectivity index (χ0) is 14.0. The van der Waals surface area contributed by atoms with Gasteiger partial charge in [0.15, 0.2) is 0 Å². The Labute approximate surface area is 121 Å². The maximum absolute atomic E-state index is 5.69. The lowest BCUT2D eigenvalue weighted by molar-refractivity contribution is 0.304. The summed E-state index contributed by atoms with van der Waals surface area (Å²) >= 11 is 0. The quantitative estimate of drug-likeness (QED) is 0.610. The van der Waals surface area contributed by atoms with Gasteiger partial charge in [-0.2, -0.15) is 0 Å². The molecule has 0 aliphatic carbocycles. The molecule has 0 bridgehead atoms. The molecule has 2 aromatic carbocycles. The van der Waals surface area contributed by atoms with Gasteiger partial charge in [0.25, 0.3) is 0 Å². The van der Waals surface area contributed by atoms with E-state index in [0.717, 1.165) is 30.3 Å². The van der Waals surface area contributed by atoms with Crippen molar-refractivity contribution in [2.45, 2.75) is 32.6 Å². The van der Waals surface area contributed by atoms with Crippen LogP contribution >= 0.6 is 0 Å². The van der Waals surface area contributed by atoms with E-state index in [0.29, 0.717) is 0 Å². The summed E-state index contributed by atoms with van der Waals surface area (Å²) in [7, 11) is 0. The smallest absolute Gasteiger partial charge is 0.135 e. The first kappa shape index (κ1) is 14.4. The Morgan fingerprint density at radius 3 is 2.40 bits per heavy atom. The van der Waals surface area contributed by atoms with E-state index in [9.17, 15) is 0 Å². The van der Waals surface area contributed by atoms with Crippen LogP contribution in [0.2, 0.25) is 0 Å². The van der Waals surface area contributed by atoms with Crippen molar-refractivity contribution in [3.63, 3.8) is 0 Å². The number of ether oxygens (including phenoxy) is 2. The van der Waals surface area contributed by atoms with Gasteiger partial charge in [-0.1, -0.05) is 44.4 Å². The van der Waals surface area contributed by atoms with Crippen LogP contribution in [-0.4, -0.2) is 6.61 Å². The third-order valence-corrected chi connectivity index (χ3v) is 3.00. The lowest BCUT2D eigenvalue weighted by Crippen LogP contribution is -1.97. The first-order valence-electron chi connectivity index (χ1n) is 7.26. The summed E-state index contributed by atoms with van der Waals surface area (Å²) in [5.41, 5.74) is 0. The predicted octanol–water partition coefficient (Wildman–Crippen LogP) is 5.24. The van der Waals surface area contributed by atoms with Crippen LogP contribution in [0.25, 0.3) is 0 Å². The van der Waals surface area contributed by atoms with Crippen LogP contribution in [0.1, 0.15) is 32.6 Å². The van der Waals surface area contributed by atoms with E-state index < -0.39 is 0 Å². The third-order valence-electron chi connectivity index (χ3n) is 3.00. The van der Waals surface area contributed by atoms with Gasteiger partial charge < -0.3 is 9.47 Å². The van der Waals surface area contributed by atoms with E-state index in [2.05, 4.69) is 13.0 Å². The zero-order valence-corrected chi connectivity index (χ0v) is 12.0. The molecule has 0 saturated carbocycles. The first-order chi connectivity index (χ1) is 9.88. The Morgan fingerprint density at radius 1 is 0.900 bits per heavy atom. The molecule has 2 rings (SSSR count). The van der Waals surface area contributed by atoms with Crippen molar-refractivity contribution in [2.24, 2.45) is 0 Å². The number of para-hydroxylation sites is 1. The molecule has 20 heavy (non-hydrogen) atoms. The van der Waals surface area contributed by atoms with Crippen LogP contribution in [0.3, 0.4) is 0 Å². The molecule has 0 fully saturated rings. The fourth-order valence-corrected chi connectivity index (χ4v) is 1.89. The molecular weight excluding hydrogens is 248 g/mol. The Morgan fingerprint density at radius 2 is 1.70 bits per heavy atom. The van der Waals surface area contributed by atoms with Crippen LogP contribution in [0.4, 0.5) is 0 Å². The van der Waals surface area contributed by atoms with Crippen molar-refractivity contribution in [3.8, 4) is 17.2 Å². The van der Waals surface area contributed by atoms with E-state index >= 15 is 0 Å². The fraction of sp³-hybridized carbons (Fsp3) is 0.333. The van der Waals surface area contributed by atoms with Gasteiger partial charge in [-0.25, -0.2) is 0 Å². The topological polar surface area (TPSA) is 18.5 Å². The number of benzene rings is 2. The van der Waals surface area contributed by atoms with Crippen LogP contribution in [0.5, 0.6) is 17.2 Å². The minimum absolute atomic E-state index is 0.723. The van der Waals surface area contributed by atoms with Crippen LogP contribution in [0, 0.1) is 6.07 Å². The largest absolute Gasteiger partial charge is 0.494 e. The van der Waals surface area contributed by atoms with Crippen LogP contribution < -0.4 is 9.47 Å². The molecule has 0 aliphatic heterocycles. The molecule has 2 heteroatoms. The second-order valence-electron chi connectivity index (χ2n) is 4.71. The van der Waals surface area contributed by atoms with E-state index in [1.54, 1.807) is 0 Å². The molecule has 0 N–H and O–H groups in total. The Balaban J connectivity index is 1.78. The van der Waals surface area contributed by atoms with Crippen molar-refractivity contribution < 1.29 is 9.47 Å². The molecule has 0 aliphatic rings. The lowest BCUT2D eigenvalue weighted by atomic mass is 10.2. The average molecular weight is 269 g/mol. The van der Waals surface area contributed by atoms with E-state index in [-0.39, 0.29) is 0 Å². The zero-order valence-electron chi connectivity index (χ0n) is 12.0. The molecule has 0 unspecified atom stereocenters. The van der Waals surface area contributed by atoms with Gasteiger partial charge in [-0.05, 0) is 36.8 Å². The molecule has 0 amide bonds. The minimum atomic E-state index is 0.723. The monoisotopic (exact) mass is 269 g/mol. The highest BCUT2D eigenvalue weighted by Crippen LogP contribution is 2.23. The average Bonchev–Trinajstić information content (AvgIpc) is 2.50. The van der Waals surface area contributed by atoms with Crippen molar-refractivity contribution in [1.29, 1.82) is 0 Å². The lowest BCUT2D eigenvalue weighted by Gasteiger charge is -2.08. The third kappa shape index (κ3) is 4.96. The van der Waals surface area contributed by atoms with Crippen LogP contribution in [0.15, 0.2) is 48.5 Å². The summed E-state index contributed by atoms with van der Waals surface area (Å²) in [6, 6.07) is 18.3. The summed E-state index contributed by atoms with van der Waals surface area (Å²) in [5, 5.41) is 0. The molecule has 105 valence electrons. The van der Waals surface area contributed by atoms with Gasteiger partial charge in [0.1, 0.15) is 17.2 Å². The molecule has 2 nitrogen and oxygen atoms in total. The van der Waals surface area contributed by atoms with Gasteiger partial charge >= 0.3 is 0 Å². The van der Waals surface area contributed by atoms with Crippen molar-refractivity contribution in [3.05, 3.63) is 54.6 Å². The molecule has 0 atom stereocenters. The van der Waals surface area contributed by atoms with E-state index in [1.165, 1.54) is 19.3 Å². The van der Waals surface area contributed by atoms with Gasteiger partial charge in [0.2, 0.25) is 0 Å². The summed E-state index contributed by atoms with van der Waals surface area (Å²) in [4.78, 5) is 0. The van der Waals surface area contributed by atoms with Gasteiger partial charge in [0, 0.05) is 6.07 Å². The normalized spacial score (nSPS) is 10.2. The van der Waals surface area contributed by atoms with E-state index in [1.807, 2.05) is 48.5 Å². The predicted molar refractivity (Wildman–Crippen MR) is 81.4 cm³/mol. The molecule has 1 radical (unpaired) electrons. The summed E-state index contributed by atoms with van der Waals surface area (Å²) in [5.74, 6) is 2.41. The second-order valence-corrected chi connectivity index (χ2v) is 4.71. The van der Waals surface area contributed by atoms with Crippen molar-refractivity contribution in [1.82, 2.24) is 0 Å². The highest BCUT2D eigenvalue weighted by atomic mass is 16.5. The highest BCUT2D eigenvalue weighted by Gasteiger charge is 1.98.